The number of thioether (sulfide) groups is 1. The highest BCUT2D eigenvalue weighted by atomic mass is 35.5. The van der Waals surface area contributed by atoms with E-state index in [1.165, 1.54) is 11.3 Å². The third-order valence-corrected chi connectivity index (χ3v) is 5.22. The van der Waals surface area contributed by atoms with Crippen molar-refractivity contribution < 1.29 is 9.59 Å². The fraction of sp³-hybridized carbons (Fsp3) is 0.0556. The minimum Gasteiger partial charge on any atom is -0.320 e. The van der Waals surface area contributed by atoms with Gasteiger partial charge in [-0.2, -0.15) is 0 Å². The van der Waals surface area contributed by atoms with Crippen LogP contribution in [0.3, 0.4) is 0 Å². The summed E-state index contributed by atoms with van der Waals surface area (Å²) < 4.78 is 0. The SMILES string of the molecule is CSc1ccccc1NC(=O)c1csc(NC(=O)c2ccc(Cl)cc2)n1. The lowest BCUT2D eigenvalue weighted by molar-refractivity contribution is 0.101. The lowest BCUT2D eigenvalue weighted by Gasteiger charge is -2.07. The van der Waals surface area contributed by atoms with Gasteiger partial charge in [-0.1, -0.05) is 23.7 Å². The second-order valence-electron chi connectivity index (χ2n) is 5.15. The van der Waals surface area contributed by atoms with E-state index in [1.54, 1.807) is 41.4 Å². The smallest absolute Gasteiger partial charge is 0.275 e. The topological polar surface area (TPSA) is 71.1 Å². The van der Waals surface area contributed by atoms with Crippen molar-refractivity contribution in [3.63, 3.8) is 0 Å². The first kappa shape index (κ1) is 18.4. The Morgan fingerprint density at radius 3 is 2.50 bits per heavy atom. The first-order chi connectivity index (χ1) is 12.6. The number of anilines is 2. The summed E-state index contributed by atoms with van der Waals surface area (Å²) in [6, 6.07) is 14.1. The lowest BCUT2D eigenvalue weighted by Crippen LogP contribution is -2.14. The summed E-state index contributed by atoms with van der Waals surface area (Å²) in [6.07, 6.45) is 1.94. The fourth-order valence-electron chi connectivity index (χ4n) is 2.14. The molecule has 132 valence electrons. The summed E-state index contributed by atoms with van der Waals surface area (Å²) >= 11 is 8.55. The monoisotopic (exact) mass is 403 g/mol. The Hall–Kier alpha value is -2.35. The molecule has 0 spiro atoms. The van der Waals surface area contributed by atoms with Gasteiger partial charge in [0.2, 0.25) is 0 Å². The average Bonchev–Trinajstić information content (AvgIpc) is 3.11. The summed E-state index contributed by atoms with van der Waals surface area (Å²) in [5.74, 6) is -0.634. The summed E-state index contributed by atoms with van der Waals surface area (Å²) in [5, 5.41) is 8.04. The van der Waals surface area contributed by atoms with Crippen molar-refractivity contribution in [2.45, 2.75) is 4.90 Å². The number of carbonyl (C=O) groups is 2. The third-order valence-electron chi connectivity index (χ3n) is 3.42. The molecule has 2 amide bonds. The fourth-order valence-corrected chi connectivity index (χ4v) is 3.51. The molecule has 0 aliphatic rings. The van der Waals surface area contributed by atoms with E-state index >= 15 is 0 Å². The van der Waals surface area contributed by atoms with Gasteiger partial charge in [0.1, 0.15) is 5.69 Å². The van der Waals surface area contributed by atoms with E-state index < -0.39 is 0 Å². The molecule has 0 aliphatic carbocycles. The minimum absolute atomic E-state index is 0.248. The van der Waals surface area contributed by atoms with Gasteiger partial charge in [-0.15, -0.1) is 23.1 Å². The van der Waals surface area contributed by atoms with Crippen molar-refractivity contribution in [3.05, 3.63) is 70.2 Å². The second kappa shape index (κ2) is 8.35. The number of halogens is 1. The number of thiazole rings is 1. The van der Waals surface area contributed by atoms with Gasteiger partial charge in [0.25, 0.3) is 11.8 Å². The number of aromatic nitrogens is 1. The van der Waals surface area contributed by atoms with E-state index in [9.17, 15) is 9.59 Å². The van der Waals surface area contributed by atoms with Gasteiger partial charge >= 0.3 is 0 Å². The first-order valence-corrected chi connectivity index (χ1v) is 10.0. The number of amides is 2. The van der Waals surface area contributed by atoms with Crippen LogP contribution in [0.5, 0.6) is 0 Å². The normalized spacial score (nSPS) is 10.4. The third kappa shape index (κ3) is 4.43. The zero-order valence-electron chi connectivity index (χ0n) is 13.7. The molecule has 0 saturated carbocycles. The highest BCUT2D eigenvalue weighted by molar-refractivity contribution is 7.98. The number of para-hydroxylation sites is 1. The molecule has 0 unspecified atom stereocenters. The Bertz CT molecular complexity index is 942. The molecule has 3 rings (SSSR count). The molecule has 5 nitrogen and oxygen atoms in total. The van der Waals surface area contributed by atoms with Crippen LogP contribution in [0.15, 0.2) is 58.8 Å². The van der Waals surface area contributed by atoms with Crippen LogP contribution in [0.2, 0.25) is 5.02 Å². The summed E-state index contributed by atoms with van der Waals surface area (Å²) in [6.45, 7) is 0. The predicted octanol–water partition coefficient (Wildman–Crippen LogP) is 5.02. The van der Waals surface area contributed by atoms with Crippen LogP contribution in [-0.2, 0) is 0 Å². The van der Waals surface area contributed by atoms with E-state index in [1.807, 2.05) is 30.5 Å². The van der Waals surface area contributed by atoms with E-state index in [2.05, 4.69) is 15.6 Å². The van der Waals surface area contributed by atoms with Crippen LogP contribution in [0.1, 0.15) is 20.8 Å². The number of nitrogens with one attached hydrogen (secondary N) is 2. The van der Waals surface area contributed by atoms with Crippen molar-refractivity contribution in [2.24, 2.45) is 0 Å². The molecule has 26 heavy (non-hydrogen) atoms. The number of rotatable bonds is 5. The number of nitrogens with zero attached hydrogens (tertiary/aromatic N) is 1. The summed E-state index contributed by atoms with van der Waals surface area (Å²) in [7, 11) is 0. The maximum absolute atomic E-state index is 12.4. The Morgan fingerprint density at radius 1 is 1.04 bits per heavy atom. The minimum atomic E-state index is -0.324. The maximum Gasteiger partial charge on any atom is 0.275 e. The zero-order chi connectivity index (χ0) is 18.5. The van der Waals surface area contributed by atoms with Crippen molar-refractivity contribution in [3.8, 4) is 0 Å². The van der Waals surface area contributed by atoms with Crippen LogP contribution in [0.25, 0.3) is 0 Å². The van der Waals surface area contributed by atoms with Gasteiger partial charge in [0.15, 0.2) is 5.13 Å². The van der Waals surface area contributed by atoms with Crippen molar-refractivity contribution >= 4 is 57.3 Å². The van der Waals surface area contributed by atoms with Gasteiger partial charge in [0, 0.05) is 20.9 Å². The van der Waals surface area contributed by atoms with Gasteiger partial charge in [0.05, 0.1) is 5.69 Å². The summed E-state index contributed by atoms with van der Waals surface area (Å²) in [5.41, 5.74) is 1.44. The Balaban J connectivity index is 1.68. The molecule has 0 atom stereocenters. The van der Waals surface area contributed by atoms with Gasteiger partial charge in [-0.3, -0.25) is 14.9 Å². The van der Waals surface area contributed by atoms with E-state index in [-0.39, 0.29) is 17.5 Å². The molecular weight excluding hydrogens is 390 g/mol. The molecule has 3 aromatic rings. The van der Waals surface area contributed by atoms with Crippen LogP contribution in [0.4, 0.5) is 10.8 Å². The number of carbonyl (C=O) groups excluding carboxylic acids is 2. The second-order valence-corrected chi connectivity index (χ2v) is 7.30. The number of hydrogen-bond acceptors (Lipinski definition) is 5. The molecular formula is C18H14ClN3O2S2. The largest absolute Gasteiger partial charge is 0.320 e. The summed E-state index contributed by atoms with van der Waals surface area (Å²) in [4.78, 5) is 29.7. The quantitative estimate of drug-likeness (QED) is 0.586. The lowest BCUT2D eigenvalue weighted by atomic mass is 10.2. The van der Waals surface area contributed by atoms with E-state index in [4.69, 9.17) is 11.6 Å². The van der Waals surface area contributed by atoms with Crippen LogP contribution >= 0.6 is 34.7 Å². The van der Waals surface area contributed by atoms with Crippen molar-refractivity contribution in [1.29, 1.82) is 0 Å². The van der Waals surface area contributed by atoms with E-state index in [0.29, 0.717) is 15.7 Å². The Morgan fingerprint density at radius 2 is 1.77 bits per heavy atom. The molecule has 0 saturated heterocycles. The predicted molar refractivity (Wildman–Crippen MR) is 108 cm³/mol. The Labute approximate surface area is 163 Å². The molecule has 0 radical (unpaired) electrons. The standard InChI is InChI=1S/C18H14ClN3O2S2/c1-25-15-5-3-2-4-13(15)20-17(24)14-10-26-18(21-14)22-16(23)11-6-8-12(19)9-7-11/h2-10H,1H3,(H,20,24)(H,21,22,23). The number of hydrogen-bond donors (Lipinski definition) is 2. The van der Waals surface area contributed by atoms with Crippen LogP contribution < -0.4 is 10.6 Å². The highest BCUT2D eigenvalue weighted by Gasteiger charge is 2.14. The van der Waals surface area contributed by atoms with Gasteiger partial charge in [-0.25, -0.2) is 4.98 Å². The van der Waals surface area contributed by atoms with E-state index in [0.717, 1.165) is 10.6 Å². The highest BCUT2D eigenvalue weighted by Crippen LogP contribution is 2.25. The zero-order valence-corrected chi connectivity index (χ0v) is 16.0. The molecule has 0 aliphatic heterocycles. The average molecular weight is 404 g/mol. The molecule has 8 heteroatoms. The molecule has 2 aromatic carbocycles. The molecule has 1 heterocycles. The van der Waals surface area contributed by atoms with Gasteiger partial charge < -0.3 is 5.32 Å². The maximum atomic E-state index is 12.4. The Kier molecular flexibility index (Phi) is 5.92. The van der Waals surface area contributed by atoms with Crippen molar-refractivity contribution in [1.82, 2.24) is 4.98 Å². The molecule has 2 N–H and O–H groups in total. The van der Waals surface area contributed by atoms with Crippen LogP contribution in [0, 0.1) is 0 Å². The number of benzene rings is 2. The first-order valence-electron chi connectivity index (χ1n) is 7.53. The molecule has 1 aromatic heterocycles. The molecule has 0 fully saturated rings. The molecule has 0 bridgehead atoms. The van der Waals surface area contributed by atoms with Gasteiger partial charge in [-0.05, 0) is 42.7 Å². The van der Waals surface area contributed by atoms with Crippen molar-refractivity contribution in [2.75, 3.05) is 16.9 Å². The van der Waals surface area contributed by atoms with Crippen LogP contribution in [-0.4, -0.2) is 23.1 Å².